The van der Waals surface area contributed by atoms with Gasteiger partial charge in [-0.25, -0.2) is 19.4 Å². The van der Waals surface area contributed by atoms with Gasteiger partial charge in [0.2, 0.25) is 0 Å². The molecule has 0 fully saturated rings. The van der Waals surface area contributed by atoms with Crippen LogP contribution in [0.5, 0.6) is 0 Å². The van der Waals surface area contributed by atoms with Gasteiger partial charge in [-0.15, -0.1) is 0 Å². The Kier molecular flexibility index (Phi) is 3.66. The minimum absolute atomic E-state index is 0.299. The summed E-state index contributed by atoms with van der Waals surface area (Å²) in [5, 5.41) is 2.21. The molecule has 4 heterocycles. The molecule has 1 aliphatic rings. The first-order chi connectivity index (χ1) is 16.6. The molecule has 6 aromatic rings. The Bertz CT molecular complexity index is 1900. The number of fused-ring (bicyclic) bond motifs is 5. The molecule has 0 aliphatic carbocycles. The smallest absolute Gasteiger partial charge is 0.266 e. The maximum Gasteiger partial charge on any atom is 0.266 e. The zero-order chi connectivity index (χ0) is 23.1. The van der Waals surface area contributed by atoms with Crippen molar-refractivity contribution in [3.63, 3.8) is 0 Å². The number of unbranched alkanes of at least 4 members (excludes halogenated alkanes) is 1. The van der Waals surface area contributed by atoms with E-state index in [1.54, 1.807) is 24.3 Å². The van der Waals surface area contributed by atoms with E-state index in [2.05, 4.69) is 15.0 Å². The van der Waals surface area contributed by atoms with Crippen LogP contribution in [0.4, 0.5) is 0 Å². The predicted octanol–water partition coefficient (Wildman–Crippen LogP) is 3.93. The number of hydrogen-bond acceptors (Lipinski definition) is 6. The largest absolute Gasteiger partial charge is 0.274 e. The van der Waals surface area contributed by atoms with Crippen LogP contribution in [-0.4, -0.2) is 42.6 Å². The maximum absolute atomic E-state index is 13.7. The molecule has 7 rings (SSSR count). The molecule has 3 aromatic carbocycles. The van der Waals surface area contributed by atoms with Crippen LogP contribution in [0.25, 0.3) is 49.5 Å². The van der Waals surface area contributed by atoms with E-state index in [9.17, 15) is 14.4 Å². The predicted molar refractivity (Wildman–Crippen MR) is 129 cm³/mol. The lowest BCUT2D eigenvalue weighted by Crippen LogP contribution is -2.41. The van der Waals surface area contributed by atoms with Gasteiger partial charge in [-0.3, -0.25) is 19.3 Å². The minimum Gasteiger partial charge on any atom is -0.274 e. The monoisotopic (exact) mass is 447 g/mol. The van der Waals surface area contributed by atoms with Crippen LogP contribution in [0.3, 0.4) is 0 Å². The summed E-state index contributed by atoms with van der Waals surface area (Å²) in [6.45, 7) is 2.39. The van der Waals surface area contributed by atoms with E-state index in [1.807, 2.05) is 31.2 Å². The summed E-state index contributed by atoms with van der Waals surface area (Å²) in [7, 11) is 0. The summed E-state index contributed by atoms with van der Waals surface area (Å²) in [6, 6.07) is 14.3. The minimum atomic E-state index is -0.323. The molecule has 164 valence electrons. The van der Waals surface area contributed by atoms with E-state index in [0.29, 0.717) is 67.2 Å². The highest BCUT2D eigenvalue weighted by Gasteiger charge is 2.34. The fourth-order valence-corrected chi connectivity index (χ4v) is 5.07. The van der Waals surface area contributed by atoms with Crippen molar-refractivity contribution in [1.82, 2.24) is 24.3 Å². The van der Waals surface area contributed by atoms with Crippen LogP contribution < -0.4 is 5.56 Å². The van der Waals surface area contributed by atoms with Crippen molar-refractivity contribution in [3.05, 3.63) is 70.0 Å². The molecule has 0 saturated carbocycles. The van der Waals surface area contributed by atoms with Gasteiger partial charge in [0.05, 0.1) is 11.0 Å². The number of carbonyl (C=O) groups is 2. The Hall–Kier alpha value is -4.46. The molecule has 34 heavy (non-hydrogen) atoms. The van der Waals surface area contributed by atoms with Crippen LogP contribution in [0.15, 0.2) is 53.3 Å². The first-order valence-electron chi connectivity index (χ1n) is 11.2. The van der Waals surface area contributed by atoms with Crippen LogP contribution in [0, 0.1) is 0 Å². The highest BCUT2D eigenvalue weighted by molar-refractivity contribution is 6.31. The third-order valence-corrected chi connectivity index (χ3v) is 6.69. The number of hydrogen-bond donors (Lipinski definition) is 0. The first-order valence-corrected chi connectivity index (χ1v) is 11.2. The molecule has 8 heteroatoms. The lowest BCUT2D eigenvalue weighted by atomic mass is 9.90. The Labute approximate surface area is 191 Å². The van der Waals surface area contributed by atoms with Gasteiger partial charge in [-0.05, 0) is 42.8 Å². The number of carbonyl (C=O) groups excluding carboxylic acids is 2. The van der Waals surface area contributed by atoms with Crippen LogP contribution >= 0.6 is 0 Å². The van der Waals surface area contributed by atoms with Crippen molar-refractivity contribution in [1.29, 1.82) is 0 Å². The molecule has 2 amide bonds. The summed E-state index contributed by atoms with van der Waals surface area (Å²) in [5.41, 5.74) is 3.11. The molecule has 8 nitrogen and oxygen atoms in total. The van der Waals surface area contributed by atoms with Gasteiger partial charge in [0.1, 0.15) is 0 Å². The molecule has 1 aliphatic heterocycles. The SMILES string of the molecule is CCCCN1C(=O)c2ccc3c(=O)n4c5nc6ccccc6nc5nc4c4ccc(c2c34)C1=O. The molecular weight excluding hydrogens is 430 g/mol. The van der Waals surface area contributed by atoms with E-state index in [0.717, 1.165) is 12.8 Å². The fourth-order valence-electron chi connectivity index (χ4n) is 5.07. The quantitative estimate of drug-likeness (QED) is 0.381. The van der Waals surface area contributed by atoms with E-state index in [1.165, 1.54) is 9.30 Å². The summed E-state index contributed by atoms with van der Waals surface area (Å²) in [5.74, 6) is -0.647. The normalized spacial score (nSPS) is 14.0. The zero-order valence-electron chi connectivity index (χ0n) is 18.2. The molecular formula is C26H17N5O3. The topological polar surface area (TPSA) is 97.5 Å². The molecule has 0 N–H and O–H groups in total. The summed E-state index contributed by atoms with van der Waals surface area (Å²) in [4.78, 5) is 55.4. The Morgan fingerprint density at radius 1 is 0.735 bits per heavy atom. The lowest BCUT2D eigenvalue weighted by molar-refractivity contribution is 0.0608. The number of para-hydroxylation sites is 2. The molecule has 0 saturated heterocycles. The lowest BCUT2D eigenvalue weighted by Gasteiger charge is -2.27. The fraction of sp³-hybridized carbons (Fsp3) is 0.154. The third kappa shape index (κ3) is 2.27. The van der Waals surface area contributed by atoms with E-state index in [-0.39, 0.29) is 17.4 Å². The number of aromatic nitrogens is 4. The summed E-state index contributed by atoms with van der Waals surface area (Å²) < 4.78 is 1.48. The maximum atomic E-state index is 13.7. The first kappa shape index (κ1) is 19.0. The summed E-state index contributed by atoms with van der Waals surface area (Å²) in [6.07, 6.45) is 1.61. The number of imide groups is 1. The number of nitrogens with zero attached hydrogens (tertiary/aromatic N) is 5. The van der Waals surface area contributed by atoms with E-state index < -0.39 is 0 Å². The number of rotatable bonds is 3. The van der Waals surface area contributed by atoms with Crippen LogP contribution in [-0.2, 0) is 0 Å². The second-order valence-corrected chi connectivity index (χ2v) is 8.62. The second-order valence-electron chi connectivity index (χ2n) is 8.62. The van der Waals surface area contributed by atoms with Gasteiger partial charge in [0.25, 0.3) is 17.4 Å². The average Bonchev–Trinajstić information content (AvgIpc) is 3.23. The Balaban J connectivity index is 1.62. The summed E-state index contributed by atoms with van der Waals surface area (Å²) >= 11 is 0. The molecule has 0 spiro atoms. The Morgan fingerprint density at radius 3 is 2.12 bits per heavy atom. The standard InChI is InChI=1S/C26H17N5O3/c1-2-3-12-30-24(32)14-9-8-13-19-16(11-10-15(20(14)19)25(30)33)26(34)31-22(13)29-21-23(31)28-18-7-5-4-6-17(18)27-21/h4-11H,2-3,12H2,1H3. The number of benzene rings is 3. The van der Waals surface area contributed by atoms with Crippen molar-refractivity contribution >= 4 is 61.3 Å². The van der Waals surface area contributed by atoms with Crippen molar-refractivity contribution in [2.45, 2.75) is 19.8 Å². The zero-order valence-corrected chi connectivity index (χ0v) is 18.2. The third-order valence-electron chi connectivity index (χ3n) is 6.69. The van der Waals surface area contributed by atoms with Crippen LogP contribution in [0.1, 0.15) is 40.5 Å². The van der Waals surface area contributed by atoms with Gasteiger partial charge in [-0.2, -0.15) is 0 Å². The number of pyridine rings is 1. The number of amides is 2. The molecule has 0 unspecified atom stereocenters. The van der Waals surface area contributed by atoms with Gasteiger partial charge in [-0.1, -0.05) is 25.5 Å². The number of imidazole rings is 1. The van der Waals surface area contributed by atoms with E-state index in [4.69, 9.17) is 0 Å². The Morgan fingerprint density at radius 2 is 1.41 bits per heavy atom. The average molecular weight is 447 g/mol. The van der Waals surface area contributed by atoms with Gasteiger partial charge in [0, 0.05) is 39.2 Å². The second kappa shape index (κ2) is 6.54. The molecule has 0 radical (unpaired) electrons. The van der Waals surface area contributed by atoms with Gasteiger partial charge >= 0.3 is 0 Å². The molecule has 0 bridgehead atoms. The highest BCUT2D eigenvalue weighted by Crippen LogP contribution is 2.37. The highest BCUT2D eigenvalue weighted by atomic mass is 16.2. The van der Waals surface area contributed by atoms with Gasteiger partial charge < -0.3 is 0 Å². The van der Waals surface area contributed by atoms with Crippen molar-refractivity contribution in [2.24, 2.45) is 0 Å². The van der Waals surface area contributed by atoms with Gasteiger partial charge in [0.15, 0.2) is 16.9 Å². The van der Waals surface area contributed by atoms with E-state index >= 15 is 0 Å². The van der Waals surface area contributed by atoms with Crippen LogP contribution in [0.2, 0.25) is 0 Å². The van der Waals surface area contributed by atoms with Crippen molar-refractivity contribution < 1.29 is 9.59 Å². The van der Waals surface area contributed by atoms with Crippen molar-refractivity contribution in [2.75, 3.05) is 6.54 Å². The molecule has 3 aromatic heterocycles. The molecule has 0 atom stereocenters. The van der Waals surface area contributed by atoms with Crippen molar-refractivity contribution in [3.8, 4) is 0 Å².